The third-order valence-corrected chi connectivity index (χ3v) is 2.01. The van der Waals surface area contributed by atoms with Crippen molar-refractivity contribution in [1.29, 1.82) is 0 Å². The minimum atomic E-state index is -0.269. The molecule has 1 rings (SSSR count). The largest absolute Gasteiger partial charge is 0.350 e. The Morgan fingerprint density at radius 3 is 2.00 bits per heavy atom. The Balaban J connectivity index is 2.44. The van der Waals surface area contributed by atoms with Gasteiger partial charge in [0.15, 0.2) is 5.79 Å². The summed E-state index contributed by atoms with van der Waals surface area (Å²) < 4.78 is 11.0. The van der Waals surface area contributed by atoms with Gasteiger partial charge >= 0.3 is 0 Å². The first-order valence-corrected chi connectivity index (χ1v) is 3.92. The molecule has 1 aliphatic heterocycles. The van der Waals surface area contributed by atoms with Gasteiger partial charge in [-0.15, -0.1) is 0 Å². The normalized spacial score (nSPS) is 24.6. The molecule has 0 atom stereocenters. The zero-order chi connectivity index (χ0) is 7.45. The summed E-state index contributed by atoms with van der Waals surface area (Å²) in [7, 11) is 0. The Morgan fingerprint density at radius 1 is 1.20 bits per heavy atom. The zero-order valence-electron chi connectivity index (χ0n) is 6.72. The standard InChI is InChI=1S/C8H15O2/c1-3-8(4-2)9-6-5-7-10-8/h5H,3-4,6-7H2,1-2H3. The number of rotatable bonds is 2. The van der Waals surface area contributed by atoms with Crippen LogP contribution in [0.3, 0.4) is 0 Å². The molecule has 0 aromatic carbocycles. The molecule has 1 radical (unpaired) electrons. The highest BCUT2D eigenvalue weighted by atomic mass is 16.7. The van der Waals surface area contributed by atoms with Gasteiger partial charge in [0, 0.05) is 6.42 Å². The molecule has 0 saturated carbocycles. The highest BCUT2D eigenvalue weighted by Crippen LogP contribution is 2.25. The van der Waals surface area contributed by atoms with Crippen LogP contribution in [0.15, 0.2) is 0 Å². The molecule has 0 spiro atoms. The quantitative estimate of drug-likeness (QED) is 0.586. The van der Waals surface area contributed by atoms with Crippen LogP contribution in [0.4, 0.5) is 0 Å². The van der Waals surface area contributed by atoms with Gasteiger partial charge in [0.2, 0.25) is 0 Å². The van der Waals surface area contributed by atoms with E-state index < -0.39 is 0 Å². The highest BCUT2D eigenvalue weighted by molar-refractivity contribution is 4.76. The van der Waals surface area contributed by atoms with Crippen LogP contribution in [0.5, 0.6) is 0 Å². The Morgan fingerprint density at radius 2 is 1.70 bits per heavy atom. The van der Waals surface area contributed by atoms with Gasteiger partial charge in [-0.05, 0) is 12.8 Å². The number of ether oxygens (including phenoxy) is 2. The molecule has 0 aromatic rings. The fraction of sp³-hybridized carbons (Fsp3) is 0.875. The molecule has 0 amide bonds. The van der Waals surface area contributed by atoms with Crippen molar-refractivity contribution in [3.05, 3.63) is 6.42 Å². The molecule has 1 fully saturated rings. The average Bonchev–Trinajstić information content (AvgIpc) is 2.06. The minimum absolute atomic E-state index is 0.269. The second-order valence-corrected chi connectivity index (χ2v) is 2.53. The van der Waals surface area contributed by atoms with Gasteiger partial charge in [-0.25, -0.2) is 0 Å². The molecule has 0 N–H and O–H groups in total. The van der Waals surface area contributed by atoms with E-state index in [0.29, 0.717) is 0 Å². The van der Waals surface area contributed by atoms with E-state index in [0.717, 1.165) is 26.1 Å². The van der Waals surface area contributed by atoms with Crippen LogP contribution in [0.25, 0.3) is 0 Å². The van der Waals surface area contributed by atoms with Gasteiger partial charge in [-0.2, -0.15) is 0 Å². The van der Waals surface area contributed by atoms with Crippen LogP contribution in [0, 0.1) is 6.42 Å². The first-order chi connectivity index (χ1) is 4.83. The highest BCUT2D eigenvalue weighted by Gasteiger charge is 2.30. The third kappa shape index (κ3) is 1.50. The van der Waals surface area contributed by atoms with Crippen molar-refractivity contribution in [2.45, 2.75) is 32.5 Å². The summed E-state index contributed by atoms with van der Waals surface area (Å²) in [6.45, 7) is 5.66. The van der Waals surface area contributed by atoms with Crippen LogP contribution in [0.2, 0.25) is 0 Å². The minimum Gasteiger partial charge on any atom is -0.350 e. The Labute approximate surface area is 62.5 Å². The van der Waals surface area contributed by atoms with E-state index in [-0.39, 0.29) is 5.79 Å². The molecule has 1 aliphatic rings. The lowest BCUT2D eigenvalue weighted by Gasteiger charge is -2.35. The summed E-state index contributed by atoms with van der Waals surface area (Å²) in [4.78, 5) is 0. The topological polar surface area (TPSA) is 18.5 Å². The molecule has 10 heavy (non-hydrogen) atoms. The maximum absolute atomic E-state index is 5.49. The van der Waals surface area contributed by atoms with Gasteiger partial charge in [0.05, 0.1) is 13.2 Å². The van der Waals surface area contributed by atoms with Crippen molar-refractivity contribution in [1.82, 2.24) is 0 Å². The summed E-state index contributed by atoms with van der Waals surface area (Å²) >= 11 is 0. The molecule has 0 aliphatic carbocycles. The van der Waals surface area contributed by atoms with E-state index in [4.69, 9.17) is 9.47 Å². The Bertz CT molecular complexity index is 89.4. The fourth-order valence-electron chi connectivity index (χ4n) is 1.17. The van der Waals surface area contributed by atoms with E-state index in [1.165, 1.54) is 0 Å². The first kappa shape index (κ1) is 8.02. The summed E-state index contributed by atoms with van der Waals surface area (Å²) in [5, 5.41) is 0. The van der Waals surface area contributed by atoms with Gasteiger partial charge in [0.25, 0.3) is 0 Å². The van der Waals surface area contributed by atoms with Gasteiger partial charge in [0.1, 0.15) is 0 Å². The van der Waals surface area contributed by atoms with Crippen molar-refractivity contribution in [2.24, 2.45) is 0 Å². The second kappa shape index (κ2) is 3.35. The molecular formula is C8H15O2. The van der Waals surface area contributed by atoms with E-state index in [2.05, 4.69) is 13.8 Å². The smallest absolute Gasteiger partial charge is 0.167 e. The number of hydrogen-bond donors (Lipinski definition) is 0. The summed E-state index contributed by atoms with van der Waals surface area (Å²) in [6, 6.07) is 0. The predicted molar refractivity (Wildman–Crippen MR) is 39.5 cm³/mol. The Hall–Kier alpha value is -0.0800. The SMILES string of the molecule is CCC1(CC)OC[CH]CO1. The van der Waals surface area contributed by atoms with Gasteiger partial charge in [-0.1, -0.05) is 13.8 Å². The van der Waals surface area contributed by atoms with Crippen LogP contribution < -0.4 is 0 Å². The maximum Gasteiger partial charge on any atom is 0.167 e. The molecule has 2 heteroatoms. The fourth-order valence-corrected chi connectivity index (χ4v) is 1.17. The zero-order valence-corrected chi connectivity index (χ0v) is 6.72. The molecule has 2 nitrogen and oxygen atoms in total. The van der Waals surface area contributed by atoms with Crippen LogP contribution in [-0.2, 0) is 9.47 Å². The Kier molecular flexibility index (Phi) is 2.69. The van der Waals surface area contributed by atoms with Crippen LogP contribution in [-0.4, -0.2) is 19.0 Å². The van der Waals surface area contributed by atoms with Gasteiger partial charge in [-0.3, -0.25) is 0 Å². The van der Waals surface area contributed by atoms with E-state index in [9.17, 15) is 0 Å². The van der Waals surface area contributed by atoms with Crippen molar-refractivity contribution < 1.29 is 9.47 Å². The molecule has 1 heterocycles. The lowest BCUT2D eigenvalue weighted by Crippen LogP contribution is -2.39. The van der Waals surface area contributed by atoms with Crippen LogP contribution in [0.1, 0.15) is 26.7 Å². The lowest BCUT2D eigenvalue weighted by molar-refractivity contribution is -0.254. The van der Waals surface area contributed by atoms with Crippen molar-refractivity contribution in [2.75, 3.05) is 13.2 Å². The summed E-state index contributed by atoms with van der Waals surface area (Å²) in [6.07, 6.45) is 3.89. The maximum atomic E-state index is 5.49. The van der Waals surface area contributed by atoms with Crippen molar-refractivity contribution in [3.8, 4) is 0 Å². The molecule has 0 bridgehead atoms. The molecule has 0 unspecified atom stereocenters. The molecule has 59 valence electrons. The molecule has 1 saturated heterocycles. The van der Waals surface area contributed by atoms with E-state index in [1.807, 2.05) is 6.42 Å². The van der Waals surface area contributed by atoms with Crippen LogP contribution >= 0.6 is 0 Å². The molecule has 0 aromatic heterocycles. The van der Waals surface area contributed by atoms with E-state index >= 15 is 0 Å². The van der Waals surface area contributed by atoms with Crippen molar-refractivity contribution >= 4 is 0 Å². The second-order valence-electron chi connectivity index (χ2n) is 2.53. The lowest BCUT2D eigenvalue weighted by atomic mass is 10.1. The van der Waals surface area contributed by atoms with Gasteiger partial charge < -0.3 is 9.47 Å². The summed E-state index contributed by atoms with van der Waals surface area (Å²) in [5.74, 6) is -0.269. The summed E-state index contributed by atoms with van der Waals surface area (Å²) in [5.41, 5.74) is 0. The molecular weight excluding hydrogens is 128 g/mol. The first-order valence-electron chi connectivity index (χ1n) is 3.92. The third-order valence-electron chi connectivity index (χ3n) is 2.01. The number of hydrogen-bond acceptors (Lipinski definition) is 2. The predicted octanol–water partition coefficient (Wildman–Crippen LogP) is 1.75. The average molecular weight is 143 g/mol. The van der Waals surface area contributed by atoms with Crippen molar-refractivity contribution in [3.63, 3.8) is 0 Å². The van der Waals surface area contributed by atoms with E-state index in [1.54, 1.807) is 0 Å². The monoisotopic (exact) mass is 143 g/mol.